The van der Waals surface area contributed by atoms with E-state index in [9.17, 15) is 23.7 Å². The zero-order chi connectivity index (χ0) is 27.8. The first-order valence-electron chi connectivity index (χ1n) is 11.5. The van der Waals surface area contributed by atoms with Gasteiger partial charge < -0.3 is 25.2 Å². The summed E-state index contributed by atoms with van der Waals surface area (Å²) in [7, 11) is -2.82. The van der Waals surface area contributed by atoms with Gasteiger partial charge in [0.25, 0.3) is 0 Å². The summed E-state index contributed by atoms with van der Waals surface area (Å²) in [5.74, 6) is -4.97. The molecule has 0 radical (unpaired) electrons. The van der Waals surface area contributed by atoms with Crippen LogP contribution in [0.4, 0.5) is 29.3 Å². The Morgan fingerprint density at radius 3 is 2.45 bits per heavy atom. The summed E-state index contributed by atoms with van der Waals surface area (Å²) in [5, 5.41) is 14.9. The lowest BCUT2D eigenvalue weighted by Crippen LogP contribution is -2.46. The minimum absolute atomic E-state index is 0.116. The average molecular weight is 566 g/mol. The number of aliphatic hydroxyl groups is 1. The number of hydrogen-bond acceptors (Lipinski definition) is 4. The standard InChI is InChI=1S/C26H24ClF3N3O4P/c1-38(2,37)21-6-4-3-5-16(21)17-8-10-20(23(30)22(17)29)33-12-14(13-34)24(25(33)35)32-26(36)31-19-9-7-15(27)11-18(19)28/h3-11,14,24,34H,12-13H2,1-2H3,(H2,31,32,36)/t14?,24-/m1/s1. The summed E-state index contributed by atoms with van der Waals surface area (Å²) in [6.07, 6.45) is 0. The Balaban J connectivity index is 1.60. The summed E-state index contributed by atoms with van der Waals surface area (Å²) in [6.45, 7) is 2.30. The fraction of sp³-hybridized carbons (Fsp3) is 0.231. The number of carbonyl (C=O) groups is 2. The molecule has 7 nitrogen and oxygen atoms in total. The molecule has 200 valence electrons. The number of nitrogens with zero attached hydrogens (tertiary/aromatic N) is 1. The minimum Gasteiger partial charge on any atom is -0.396 e. The average Bonchev–Trinajstić information content (AvgIpc) is 3.17. The molecule has 1 aliphatic heterocycles. The van der Waals surface area contributed by atoms with E-state index >= 15 is 8.78 Å². The molecule has 3 aromatic rings. The maximum absolute atomic E-state index is 15.3. The maximum Gasteiger partial charge on any atom is 0.319 e. The lowest BCUT2D eigenvalue weighted by Gasteiger charge is -2.20. The molecule has 0 saturated carbocycles. The van der Waals surface area contributed by atoms with Crippen LogP contribution in [-0.2, 0) is 9.36 Å². The number of aliphatic hydroxyl groups excluding tert-OH is 1. The zero-order valence-electron chi connectivity index (χ0n) is 20.3. The van der Waals surface area contributed by atoms with Gasteiger partial charge in [-0.1, -0.05) is 35.9 Å². The van der Waals surface area contributed by atoms with Crippen LogP contribution in [0.15, 0.2) is 54.6 Å². The van der Waals surface area contributed by atoms with Gasteiger partial charge in [-0.15, -0.1) is 0 Å². The molecular formula is C26H24ClF3N3O4P. The first-order valence-corrected chi connectivity index (χ1v) is 14.5. The summed E-state index contributed by atoms with van der Waals surface area (Å²) in [4.78, 5) is 26.5. The van der Waals surface area contributed by atoms with E-state index < -0.39 is 55.1 Å². The Hall–Kier alpha value is -3.33. The summed E-state index contributed by atoms with van der Waals surface area (Å²) < 4.78 is 57.4. The normalized spacial score (nSPS) is 17.6. The van der Waals surface area contributed by atoms with Crippen molar-refractivity contribution in [2.45, 2.75) is 6.04 Å². The molecule has 0 aliphatic carbocycles. The molecule has 2 atom stereocenters. The van der Waals surface area contributed by atoms with Gasteiger partial charge in [0.2, 0.25) is 5.91 Å². The van der Waals surface area contributed by atoms with Gasteiger partial charge in [0, 0.05) is 28.4 Å². The van der Waals surface area contributed by atoms with E-state index in [2.05, 4.69) is 10.6 Å². The second kappa shape index (κ2) is 10.8. The van der Waals surface area contributed by atoms with E-state index in [1.807, 2.05) is 0 Å². The molecular weight excluding hydrogens is 542 g/mol. The van der Waals surface area contributed by atoms with E-state index in [1.54, 1.807) is 18.2 Å². The highest BCUT2D eigenvalue weighted by molar-refractivity contribution is 7.70. The molecule has 3 amide bonds. The number of halogens is 4. The monoisotopic (exact) mass is 565 g/mol. The van der Waals surface area contributed by atoms with Gasteiger partial charge in [0.05, 0.1) is 18.0 Å². The molecule has 0 bridgehead atoms. The summed E-state index contributed by atoms with van der Waals surface area (Å²) in [5.41, 5.74) is -0.412. The molecule has 4 rings (SSSR count). The molecule has 1 aliphatic rings. The molecule has 38 heavy (non-hydrogen) atoms. The Labute approximate surface area is 222 Å². The van der Waals surface area contributed by atoms with Gasteiger partial charge in [-0.3, -0.25) is 4.79 Å². The van der Waals surface area contributed by atoms with Gasteiger partial charge in [-0.2, -0.15) is 0 Å². The van der Waals surface area contributed by atoms with Crippen LogP contribution in [-0.4, -0.2) is 49.6 Å². The van der Waals surface area contributed by atoms with Crippen molar-refractivity contribution in [2.24, 2.45) is 5.92 Å². The van der Waals surface area contributed by atoms with Crippen molar-refractivity contribution >= 4 is 47.4 Å². The highest BCUT2D eigenvalue weighted by Crippen LogP contribution is 2.41. The number of amides is 3. The molecule has 3 N–H and O–H groups in total. The highest BCUT2D eigenvalue weighted by Gasteiger charge is 2.43. The Kier molecular flexibility index (Phi) is 7.88. The van der Waals surface area contributed by atoms with Crippen LogP contribution in [0.25, 0.3) is 11.1 Å². The summed E-state index contributed by atoms with van der Waals surface area (Å²) in [6, 6.07) is 10.3. The molecule has 0 aromatic heterocycles. The number of carbonyl (C=O) groups excluding carboxylic acids is 2. The number of anilines is 2. The lowest BCUT2D eigenvalue weighted by atomic mass is 10.0. The van der Waals surface area contributed by atoms with Crippen LogP contribution in [0.3, 0.4) is 0 Å². The molecule has 1 saturated heterocycles. The first-order chi connectivity index (χ1) is 17.9. The first kappa shape index (κ1) is 27.7. The van der Waals surface area contributed by atoms with E-state index in [4.69, 9.17) is 11.6 Å². The second-order valence-corrected chi connectivity index (χ2v) is 12.8. The van der Waals surface area contributed by atoms with E-state index in [0.29, 0.717) is 5.30 Å². The third-order valence-corrected chi connectivity index (χ3v) is 8.03. The zero-order valence-corrected chi connectivity index (χ0v) is 22.0. The smallest absolute Gasteiger partial charge is 0.319 e. The third kappa shape index (κ3) is 5.43. The Bertz CT molecular complexity index is 1470. The highest BCUT2D eigenvalue weighted by atomic mass is 35.5. The number of nitrogens with one attached hydrogen (secondary N) is 2. The largest absolute Gasteiger partial charge is 0.396 e. The van der Waals surface area contributed by atoms with Crippen molar-refractivity contribution in [2.75, 3.05) is 36.7 Å². The van der Waals surface area contributed by atoms with Gasteiger partial charge in [-0.05, 0) is 49.2 Å². The molecule has 1 unspecified atom stereocenters. The van der Waals surface area contributed by atoms with Crippen molar-refractivity contribution in [1.29, 1.82) is 0 Å². The molecule has 0 spiro atoms. The van der Waals surface area contributed by atoms with Crippen molar-refractivity contribution in [3.8, 4) is 11.1 Å². The van der Waals surface area contributed by atoms with E-state index in [1.165, 1.54) is 43.7 Å². The van der Waals surface area contributed by atoms with Crippen LogP contribution in [0.5, 0.6) is 0 Å². The molecule has 3 aromatic carbocycles. The number of hydrogen-bond donors (Lipinski definition) is 3. The second-order valence-electron chi connectivity index (χ2n) is 9.22. The fourth-order valence-corrected chi connectivity index (χ4v) is 5.76. The number of benzene rings is 3. The van der Waals surface area contributed by atoms with Gasteiger partial charge in [0.15, 0.2) is 11.6 Å². The predicted molar refractivity (Wildman–Crippen MR) is 141 cm³/mol. The predicted octanol–water partition coefficient (Wildman–Crippen LogP) is 4.82. The SMILES string of the molecule is CP(C)(=O)c1ccccc1-c1ccc(N2CC(CO)[C@@H](NC(=O)Nc3ccc(Cl)cc3F)C2=O)c(F)c1F. The quantitative estimate of drug-likeness (QED) is 0.373. The van der Waals surface area contributed by atoms with Gasteiger partial charge in [0.1, 0.15) is 19.0 Å². The van der Waals surface area contributed by atoms with Crippen LogP contribution in [0.1, 0.15) is 0 Å². The van der Waals surface area contributed by atoms with Crippen molar-refractivity contribution in [1.82, 2.24) is 5.32 Å². The topological polar surface area (TPSA) is 98.7 Å². The molecule has 1 fully saturated rings. The van der Waals surface area contributed by atoms with Crippen molar-refractivity contribution < 1.29 is 32.4 Å². The molecule has 1 heterocycles. The van der Waals surface area contributed by atoms with Crippen molar-refractivity contribution in [3.05, 3.63) is 77.1 Å². The maximum atomic E-state index is 15.3. The van der Waals surface area contributed by atoms with Gasteiger partial charge in [-0.25, -0.2) is 18.0 Å². The number of rotatable bonds is 6. The van der Waals surface area contributed by atoms with Crippen LogP contribution in [0.2, 0.25) is 5.02 Å². The van der Waals surface area contributed by atoms with E-state index in [-0.39, 0.29) is 34.1 Å². The number of urea groups is 1. The lowest BCUT2D eigenvalue weighted by molar-refractivity contribution is -0.119. The Morgan fingerprint density at radius 1 is 1.08 bits per heavy atom. The van der Waals surface area contributed by atoms with Crippen LogP contribution < -0.4 is 20.8 Å². The van der Waals surface area contributed by atoms with Crippen LogP contribution >= 0.6 is 18.7 Å². The summed E-state index contributed by atoms with van der Waals surface area (Å²) >= 11 is 5.70. The van der Waals surface area contributed by atoms with Gasteiger partial charge >= 0.3 is 6.03 Å². The minimum atomic E-state index is -2.82. The van der Waals surface area contributed by atoms with Crippen molar-refractivity contribution in [3.63, 3.8) is 0 Å². The van der Waals surface area contributed by atoms with E-state index in [0.717, 1.165) is 11.0 Å². The Morgan fingerprint density at radius 2 is 1.79 bits per heavy atom. The fourth-order valence-electron chi connectivity index (χ4n) is 4.38. The van der Waals surface area contributed by atoms with Crippen LogP contribution in [0, 0.1) is 23.4 Å². The molecule has 12 heteroatoms. The third-order valence-electron chi connectivity index (χ3n) is 6.25.